The van der Waals surface area contributed by atoms with Crippen LogP contribution in [0.1, 0.15) is 20.3 Å². The third kappa shape index (κ3) is 6.31. The number of sulfonamides is 1. The Morgan fingerprint density at radius 3 is 2.50 bits per heavy atom. The van der Waals surface area contributed by atoms with Crippen LogP contribution in [0.5, 0.6) is 0 Å². The molecule has 0 radical (unpaired) electrons. The molecule has 0 aliphatic carbocycles. The molecule has 1 aromatic heterocycles. The fraction of sp³-hybridized carbons (Fsp3) is 0.400. The minimum atomic E-state index is -3.58. The van der Waals surface area contributed by atoms with Crippen LogP contribution in [0.3, 0.4) is 0 Å². The molecule has 9 heteroatoms. The number of hydrogen-bond acceptors (Lipinski definition) is 4. The van der Waals surface area contributed by atoms with Gasteiger partial charge >= 0.3 is 0 Å². The van der Waals surface area contributed by atoms with Gasteiger partial charge in [-0.2, -0.15) is 0 Å². The third-order valence-electron chi connectivity index (χ3n) is 3.15. The summed E-state index contributed by atoms with van der Waals surface area (Å²) >= 11 is 0. The molecular formula is C15H26ClN3O4S. The van der Waals surface area contributed by atoms with Gasteiger partial charge < -0.3 is 16.3 Å². The molecule has 7 nitrogen and oxygen atoms in total. The van der Waals surface area contributed by atoms with Crippen molar-refractivity contribution in [3.63, 3.8) is 0 Å². The van der Waals surface area contributed by atoms with E-state index in [2.05, 4.69) is 21.9 Å². The lowest BCUT2D eigenvalue weighted by Gasteiger charge is -2.15. The van der Waals surface area contributed by atoms with E-state index in [0.717, 1.165) is 18.4 Å². The second kappa shape index (κ2) is 11.3. The van der Waals surface area contributed by atoms with Crippen LogP contribution in [0.4, 0.5) is 0 Å². The van der Waals surface area contributed by atoms with Gasteiger partial charge in [0.2, 0.25) is 10.0 Å². The van der Waals surface area contributed by atoms with Gasteiger partial charge in [0.05, 0.1) is 0 Å². The van der Waals surface area contributed by atoms with E-state index in [0.29, 0.717) is 11.9 Å². The van der Waals surface area contributed by atoms with Crippen LogP contribution in [0, 0.1) is 0 Å². The molecule has 2 rings (SSSR count). The van der Waals surface area contributed by atoms with Crippen molar-refractivity contribution in [2.24, 2.45) is 0 Å². The Bertz CT molecular complexity index is 707. The molecule has 0 aliphatic heterocycles. The van der Waals surface area contributed by atoms with Gasteiger partial charge in [0.25, 0.3) is 0 Å². The molecule has 138 valence electrons. The largest absolute Gasteiger partial charge is 0.412 e. The summed E-state index contributed by atoms with van der Waals surface area (Å²) in [6, 6.07) is 7.17. The van der Waals surface area contributed by atoms with Crippen LogP contribution in [-0.2, 0) is 10.0 Å². The number of pyridine rings is 1. The number of aromatic nitrogens is 1. The first-order chi connectivity index (χ1) is 10.0. The van der Waals surface area contributed by atoms with Gasteiger partial charge in [-0.25, -0.2) is 13.1 Å². The van der Waals surface area contributed by atoms with Crippen LogP contribution in [-0.4, -0.2) is 43.5 Å². The van der Waals surface area contributed by atoms with E-state index in [9.17, 15) is 8.42 Å². The lowest BCUT2D eigenvalue weighted by molar-refractivity contribution is 0.536. The maximum Gasteiger partial charge on any atom is 0.243 e. The van der Waals surface area contributed by atoms with Crippen LogP contribution >= 0.6 is 12.4 Å². The maximum atomic E-state index is 12.5. The van der Waals surface area contributed by atoms with Crippen LogP contribution in [0.15, 0.2) is 41.6 Å². The summed E-state index contributed by atoms with van der Waals surface area (Å²) in [5.41, 5.74) is 0. The number of benzene rings is 1. The standard InChI is InChI=1S/C15H21N3O2S.ClH.2H2O/c1-3-8-16-9-12(2)18-21(19,20)15-11-17-10-13-6-4-5-7-14(13)15;;;/h4-7,10-12,16,18H,3,8-9H2,1-2H3;1H;2*1H2/t12-;;;/m0.../s1. The average molecular weight is 380 g/mol. The Kier molecular flexibility index (Phi) is 11.7. The molecule has 2 aromatic rings. The monoisotopic (exact) mass is 379 g/mol. The van der Waals surface area contributed by atoms with Crippen molar-refractivity contribution in [1.29, 1.82) is 0 Å². The number of nitrogens with zero attached hydrogens (tertiary/aromatic N) is 1. The number of nitrogens with one attached hydrogen (secondary N) is 2. The highest BCUT2D eigenvalue weighted by Gasteiger charge is 2.20. The van der Waals surface area contributed by atoms with Crippen molar-refractivity contribution < 1.29 is 19.4 Å². The zero-order valence-electron chi connectivity index (χ0n) is 13.7. The van der Waals surface area contributed by atoms with E-state index >= 15 is 0 Å². The van der Waals surface area contributed by atoms with E-state index in [-0.39, 0.29) is 34.3 Å². The smallest absolute Gasteiger partial charge is 0.243 e. The summed E-state index contributed by atoms with van der Waals surface area (Å²) in [4.78, 5) is 4.25. The first-order valence-corrected chi connectivity index (χ1v) is 8.58. The SMILES string of the molecule is CCCNC[C@H](C)NS(=O)(=O)c1cncc2ccccc12.Cl.O.O. The summed E-state index contributed by atoms with van der Waals surface area (Å²) in [6.45, 7) is 5.40. The van der Waals surface area contributed by atoms with E-state index < -0.39 is 10.0 Å². The third-order valence-corrected chi connectivity index (χ3v) is 4.77. The molecule has 0 saturated carbocycles. The van der Waals surface area contributed by atoms with E-state index in [4.69, 9.17) is 0 Å². The molecule has 0 aliphatic rings. The van der Waals surface area contributed by atoms with Crippen molar-refractivity contribution in [2.45, 2.75) is 31.2 Å². The molecule has 1 atom stereocenters. The fourth-order valence-electron chi connectivity index (χ4n) is 2.17. The number of fused-ring (bicyclic) bond motifs is 1. The molecule has 0 saturated heterocycles. The normalized spacial score (nSPS) is 11.8. The highest BCUT2D eigenvalue weighted by Crippen LogP contribution is 2.21. The topological polar surface area (TPSA) is 134 Å². The van der Waals surface area contributed by atoms with Crippen LogP contribution in [0.25, 0.3) is 10.8 Å². The van der Waals surface area contributed by atoms with Crippen LogP contribution in [0.2, 0.25) is 0 Å². The quantitative estimate of drug-likeness (QED) is 0.683. The average Bonchev–Trinajstić information content (AvgIpc) is 2.46. The molecule has 6 N–H and O–H groups in total. The van der Waals surface area contributed by atoms with Gasteiger partial charge in [-0.15, -0.1) is 12.4 Å². The van der Waals surface area contributed by atoms with Gasteiger partial charge in [0.15, 0.2) is 0 Å². The van der Waals surface area contributed by atoms with E-state index in [1.54, 1.807) is 12.3 Å². The Balaban J connectivity index is 0. The highest BCUT2D eigenvalue weighted by atomic mass is 35.5. The van der Waals surface area contributed by atoms with Crippen molar-refractivity contribution >= 4 is 33.2 Å². The predicted molar refractivity (Wildman–Crippen MR) is 99.2 cm³/mol. The van der Waals surface area contributed by atoms with Gasteiger partial charge in [-0.1, -0.05) is 31.2 Å². The summed E-state index contributed by atoms with van der Waals surface area (Å²) in [7, 11) is -3.58. The second-order valence-corrected chi connectivity index (χ2v) is 6.77. The fourth-order valence-corrected chi connectivity index (χ4v) is 3.58. The Hall–Kier alpha value is -1.29. The first kappa shape index (κ1) is 25.0. The maximum absolute atomic E-state index is 12.5. The van der Waals surface area contributed by atoms with Crippen molar-refractivity contribution in [2.75, 3.05) is 13.1 Å². The lowest BCUT2D eigenvalue weighted by Crippen LogP contribution is -2.40. The minimum Gasteiger partial charge on any atom is -0.412 e. The first-order valence-electron chi connectivity index (χ1n) is 7.10. The molecule has 1 aromatic carbocycles. The Morgan fingerprint density at radius 2 is 1.83 bits per heavy atom. The molecule has 0 amide bonds. The van der Waals surface area contributed by atoms with Gasteiger partial charge in [0.1, 0.15) is 4.90 Å². The highest BCUT2D eigenvalue weighted by molar-refractivity contribution is 7.89. The molecule has 1 heterocycles. The van der Waals surface area contributed by atoms with Crippen molar-refractivity contribution in [1.82, 2.24) is 15.0 Å². The molecular weight excluding hydrogens is 354 g/mol. The summed E-state index contributed by atoms with van der Waals surface area (Å²) in [6.07, 6.45) is 4.09. The lowest BCUT2D eigenvalue weighted by atomic mass is 10.2. The Labute approximate surface area is 148 Å². The minimum absolute atomic E-state index is 0. The molecule has 0 fully saturated rings. The number of halogens is 1. The summed E-state index contributed by atoms with van der Waals surface area (Å²) in [5, 5.41) is 4.71. The zero-order valence-corrected chi connectivity index (χ0v) is 15.4. The summed E-state index contributed by atoms with van der Waals surface area (Å²) in [5.74, 6) is 0. The number of rotatable bonds is 7. The molecule has 24 heavy (non-hydrogen) atoms. The second-order valence-electron chi connectivity index (χ2n) is 5.09. The van der Waals surface area contributed by atoms with Crippen molar-refractivity contribution in [3.05, 3.63) is 36.7 Å². The van der Waals surface area contributed by atoms with Gasteiger partial charge in [-0.05, 0) is 19.9 Å². The van der Waals surface area contributed by atoms with Gasteiger partial charge in [-0.3, -0.25) is 4.98 Å². The number of hydrogen-bond donors (Lipinski definition) is 2. The van der Waals surface area contributed by atoms with E-state index in [1.165, 1.54) is 6.20 Å². The molecule has 0 unspecified atom stereocenters. The van der Waals surface area contributed by atoms with Crippen LogP contribution < -0.4 is 10.0 Å². The molecule has 0 bridgehead atoms. The zero-order chi connectivity index (χ0) is 15.3. The molecule has 0 spiro atoms. The van der Waals surface area contributed by atoms with Crippen molar-refractivity contribution in [3.8, 4) is 0 Å². The Morgan fingerprint density at radius 1 is 1.17 bits per heavy atom. The van der Waals surface area contributed by atoms with E-state index in [1.807, 2.05) is 25.1 Å². The predicted octanol–water partition coefficient (Wildman–Crippen LogP) is 0.674. The summed E-state index contributed by atoms with van der Waals surface area (Å²) < 4.78 is 27.7. The van der Waals surface area contributed by atoms with Gasteiger partial charge in [0, 0.05) is 35.8 Å².